The summed E-state index contributed by atoms with van der Waals surface area (Å²) in [5.41, 5.74) is 9.37. The third kappa shape index (κ3) is 5.84. The van der Waals surface area contributed by atoms with Gasteiger partial charge < -0.3 is 0 Å². The van der Waals surface area contributed by atoms with Crippen LogP contribution in [0, 0.1) is 0 Å². The molecule has 4 heterocycles. The molecule has 262 valence electrons. The van der Waals surface area contributed by atoms with Gasteiger partial charge in [0.2, 0.25) is 0 Å². The Hall–Kier alpha value is -6.86. The Labute approximate surface area is 331 Å². The predicted octanol–water partition coefficient (Wildman–Crippen LogP) is 14.0. The van der Waals surface area contributed by atoms with Crippen LogP contribution in [0.3, 0.4) is 0 Å². The van der Waals surface area contributed by atoms with Crippen molar-refractivity contribution in [2.24, 2.45) is 0 Å². The van der Waals surface area contributed by atoms with Crippen molar-refractivity contribution in [1.82, 2.24) is 19.9 Å². The summed E-state index contributed by atoms with van der Waals surface area (Å²) in [6.07, 6.45) is 3.67. The van der Waals surface area contributed by atoms with Gasteiger partial charge in [-0.2, -0.15) is 0 Å². The molecule has 11 aromatic rings. The summed E-state index contributed by atoms with van der Waals surface area (Å²) in [5, 5.41) is 5.15. The number of benzene rings is 7. The minimum Gasteiger partial charge on any atom is -0.264 e. The molecule has 0 saturated heterocycles. The number of fused-ring (bicyclic) bond motifs is 6. The van der Waals surface area contributed by atoms with Crippen molar-refractivity contribution in [1.29, 1.82) is 0 Å². The molecular formula is C50H30N4S2. The molecular weight excluding hydrogens is 721 g/mol. The molecule has 0 aliphatic carbocycles. The lowest BCUT2D eigenvalue weighted by Crippen LogP contribution is -2.00. The number of nitrogens with zero attached hydrogens (tertiary/aromatic N) is 4. The first-order chi connectivity index (χ1) is 27.7. The first-order valence-electron chi connectivity index (χ1n) is 18.5. The summed E-state index contributed by atoms with van der Waals surface area (Å²) < 4.78 is 5.13. The second kappa shape index (κ2) is 13.5. The van der Waals surface area contributed by atoms with Crippen LogP contribution in [0.25, 0.3) is 108 Å². The first kappa shape index (κ1) is 32.6. The molecule has 0 fully saturated rings. The van der Waals surface area contributed by atoms with Crippen molar-refractivity contribution >= 4 is 63.0 Å². The predicted molar refractivity (Wildman–Crippen MR) is 236 cm³/mol. The highest BCUT2D eigenvalue weighted by atomic mass is 32.1. The number of thiophene rings is 2. The van der Waals surface area contributed by atoms with Gasteiger partial charge in [-0.1, -0.05) is 115 Å². The van der Waals surface area contributed by atoms with Crippen molar-refractivity contribution in [3.05, 3.63) is 182 Å². The van der Waals surface area contributed by atoms with Gasteiger partial charge >= 0.3 is 0 Å². The third-order valence-electron chi connectivity index (χ3n) is 10.4. The Balaban J connectivity index is 1.12. The normalized spacial score (nSPS) is 11.6. The third-order valence-corrected chi connectivity index (χ3v) is 12.7. The van der Waals surface area contributed by atoms with Gasteiger partial charge in [0, 0.05) is 75.0 Å². The monoisotopic (exact) mass is 750 g/mol. The molecule has 11 rings (SSSR count). The Morgan fingerprint density at radius 2 is 0.750 bits per heavy atom. The van der Waals surface area contributed by atoms with Crippen molar-refractivity contribution in [3.8, 4) is 67.5 Å². The number of pyridine rings is 1. The fraction of sp³-hybridized carbons (Fsp3) is 0. The van der Waals surface area contributed by atoms with Gasteiger partial charge in [0.05, 0.1) is 0 Å². The van der Waals surface area contributed by atoms with Crippen molar-refractivity contribution < 1.29 is 0 Å². The largest absolute Gasteiger partial charge is 0.264 e. The van der Waals surface area contributed by atoms with E-state index in [0.29, 0.717) is 17.5 Å². The second-order valence-corrected chi connectivity index (χ2v) is 16.1. The van der Waals surface area contributed by atoms with Crippen molar-refractivity contribution in [3.63, 3.8) is 0 Å². The molecule has 0 spiro atoms. The van der Waals surface area contributed by atoms with Crippen LogP contribution < -0.4 is 0 Å². The van der Waals surface area contributed by atoms with Gasteiger partial charge in [-0.25, -0.2) is 15.0 Å². The van der Waals surface area contributed by atoms with E-state index in [2.05, 4.69) is 151 Å². The molecule has 0 atom stereocenters. The van der Waals surface area contributed by atoms with Gasteiger partial charge in [0.15, 0.2) is 17.5 Å². The van der Waals surface area contributed by atoms with Crippen LogP contribution in [0.1, 0.15) is 0 Å². The van der Waals surface area contributed by atoms with E-state index in [1.807, 2.05) is 53.1 Å². The SMILES string of the molecule is c1ccc(-c2nc(-c3cccc(-c4cccnc4)c3)nc(-c3cc(-c4ccc5c(c4)sc4ccccc45)cc(-c4ccc5c(c4)sc4ccccc45)c3)n2)cc1. The topological polar surface area (TPSA) is 51.6 Å². The molecule has 4 nitrogen and oxygen atoms in total. The smallest absolute Gasteiger partial charge is 0.164 e. The fourth-order valence-electron chi connectivity index (χ4n) is 7.62. The molecule has 0 aliphatic rings. The molecule has 0 N–H and O–H groups in total. The van der Waals surface area contributed by atoms with Crippen LogP contribution in [0.2, 0.25) is 0 Å². The first-order valence-corrected chi connectivity index (χ1v) is 20.1. The summed E-state index contributed by atoms with van der Waals surface area (Å²) >= 11 is 3.68. The molecule has 0 unspecified atom stereocenters. The Morgan fingerprint density at radius 1 is 0.286 bits per heavy atom. The molecule has 56 heavy (non-hydrogen) atoms. The Kier molecular flexibility index (Phi) is 7.83. The molecule has 0 aliphatic heterocycles. The van der Waals surface area contributed by atoms with Gasteiger partial charge in [-0.3, -0.25) is 4.98 Å². The van der Waals surface area contributed by atoms with Gasteiger partial charge in [0.25, 0.3) is 0 Å². The molecule has 0 bridgehead atoms. The number of hydrogen-bond donors (Lipinski definition) is 0. The maximum atomic E-state index is 5.23. The lowest BCUT2D eigenvalue weighted by Gasteiger charge is -2.13. The quantitative estimate of drug-likeness (QED) is 0.170. The summed E-state index contributed by atoms with van der Waals surface area (Å²) in [7, 11) is 0. The molecule has 0 saturated carbocycles. The maximum Gasteiger partial charge on any atom is 0.164 e. The zero-order chi connectivity index (χ0) is 37.0. The summed E-state index contributed by atoms with van der Waals surface area (Å²) in [6, 6.07) is 60.3. The molecule has 4 aromatic heterocycles. The fourth-order valence-corrected chi connectivity index (χ4v) is 9.91. The average molecular weight is 751 g/mol. The van der Waals surface area contributed by atoms with Crippen LogP contribution >= 0.6 is 22.7 Å². The highest BCUT2D eigenvalue weighted by Gasteiger charge is 2.17. The van der Waals surface area contributed by atoms with Gasteiger partial charge in [0.1, 0.15) is 0 Å². The standard InChI is InChI=1S/C50H30N4S2/c1-2-10-31(11-3-1)48-52-49(35-13-8-12-32(24-35)36-14-9-23-51-30-36)54-50(53-48)39-26-37(33-19-21-42-40-15-4-6-17-44(40)55-46(42)28-33)25-38(27-39)34-20-22-43-41-16-5-7-18-45(41)56-47(43)29-34/h1-30H. The summed E-state index contributed by atoms with van der Waals surface area (Å²) in [5.74, 6) is 1.86. The number of rotatable bonds is 6. The van der Waals surface area contributed by atoms with Crippen LogP contribution in [0.4, 0.5) is 0 Å². The molecule has 6 heteroatoms. The average Bonchev–Trinajstić information content (AvgIpc) is 3.84. The van der Waals surface area contributed by atoms with Gasteiger partial charge in [-0.05, 0) is 82.4 Å². The Bertz CT molecular complexity index is 3130. The minimum atomic E-state index is 0.616. The van der Waals surface area contributed by atoms with Crippen LogP contribution in [0.15, 0.2) is 182 Å². The maximum absolute atomic E-state index is 5.23. The highest BCUT2D eigenvalue weighted by Crippen LogP contribution is 2.41. The molecule has 7 aromatic carbocycles. The Morgan fingerprint density at radius 3 is 1.38 bits per heavy atom. The van der Waals surface area contributed by atoms with Crippen molar-refractivity contribution in [2.75, 3.05) is 0 Å². The second-order valence-electron chi connectivity index (χ2n) is 13.9. The van der Waals surface area contributed by atoms with E-state index in [0.717, 1.165) is 50.1 Å². The van der Waals surface area contributed by atoms with E-state index in [-0.39, 0.29) is 0 Å². The van der Waals surface area contributed by atoms with E-state index >= 15 is 0 Å². The van der Waals surface area contributed by atoms with Crippen LogP contribution in [0.5, 0.6) is 0 Å². The van der Waals surface area contributed by atoms with Crippen LogP contribution in [-0.2, 0) is 0 Å². The van der Waals surface area contributed by atoms with Crippen molar-refractivity contribution in [2.45, 2.75) is 0 Å². The number of hydrogen-bond acceptors (Lipinski definition) is 6. The zero-order valence-corrected chi connectivity index (χ0v) is 31.6. The zero-order valence-electron chi connectivity index (χ0n) is 29.9. The van der Waals surface area contributed by atoms with E-state index in [9.17, 15) is 0 Å². The lowest BCUT2D eigenvalue weighted by atomic mass is 9.95. The van der Waals surface area contributed by atoms with Crippen LogP contribution in [-0.4, -0.2) is 19.9 Å². The van der Waals surface area contributed by atoms with E-state index in [1.165, 1.54) is 40.3 Å². The summed E-state index contributed by atoms with van der Waals surface area (Å²) in [6.45, 7) is 0. The number of aromatic nitrogens is 4. The van der Waals surface area contributed by atoms with E-state index in [1.54, 1.807) is 6.20 Å². The molecule has 0 radical (unpaired) electrons. The molecule has 0 amide bonds. The minimum absolute atomic E-state index is 0.616. The summed E-state index contributed by atoms with van der Waals surface area (Å²) in [4.78, 5) is 19.8. The van der Waals surface area contributed by atoms with E-state index < -0.39 is 0 Å². The lowest BCUT2D eigenvalue weighted by molar-refractivity contribution is 1.07. The van der Waals surface area contributed by atoms with Gasteiger partial charge in [-0.15, -0.1) is 22.7 Å². The van der Waals surface area contributed by atoms with E-state index in [4.69, 9.17) is 15.0 Å². The highest BCUT2D eigenvalue weighted by molar-refractivity contribution is 7.26.